The summed E-state index contributed by atoms with van der Waals surface area (Å²) < 4.78 is 3.70. The lowest BCUT2D eigenvalue weighted by atomic mass is 9.71. The van der Waals surface area contributed by atoms with Gasteiger partial charge in [-0.2, -0.15) is 0 Å². The quantitative estimate of drug-likeness (QED) is 0.355. The summed E-state index contributed by atoms with van der Waals surface area (Å²) in [6.45, 7) is 10.8. The van der Waals surface area contributed by atoms with E-state index in [1.54, 1.807) is 6.20 Å². The molecule has 186 valence electrons. The number of allylic oxidation sites excluding steroid dienone is 9. The van der Waals surface area contributed by atoms with Crippen molar-refractivity contribution in [2.45, 2.75) is 53.5 Å². The van der Waals surface area contributed by atoms with Gasteiger partial charge in [0.25, 0.3) is 5.91 Å². The van der Waals surface area contributed by atoms with Gasteiger partial charge in [-0.25, -0.2) is 24.6 Å². The van der Waals surface area contributed by atoms with Crippen molar-refractivity contribution in [2.75, 3.05) is 5.43 Å². The fourth-order valence-electron chi connectivity index (χ4n) is 4.62. The molecule has 3 aromatic heterocycles. The summed E-state index contributed by atoms with van der Waals surface area (Å²) in [6.07, 6.45) is 24.5. The molecule has 1 amide bonds. The molecule has 0 aliphatic heterocycles. The van der Waals surface area contributed by atoms with E-state index in [2.05, 4.69) is 69.8 Å². The Hall–Kier alpha value is -4.07. The van der Waals surface area contributed by atoms with E-state index in [1.807, 2.05) is 43.9 Å². The average Bonchev–Trinajstić information content (AvgIpc) is 3.49. The zero-order valence-corrected chi connectivity index (χ0v) is 21.5. The third kappa shape index (κ3) is 5.76. The van der Waals surface area contributed by atoms with Gasteiger partial charge in [0.05, 0.1) is 18.6 Å². The highest BCUT2D eigenvalue weighted by Gasteiger charge is 2.32. The Morgan fingerprint density at radius 2 is 1.97 bits per heavy atom. The molecule has 4 rings (SSSR count). The summed E-state index contributed by atoms with van der Waals surface area (Å²) in [5.74, 6) is -0.259. The number of imidazole rings is 2. The van der Waals surface area contributed by atoms with Gasteiger partial charge in [0, 0.05) is 18.5 Å². The zero-order chi connectivity index (χ0) is 25.7. The molecular formula is C28H33N7O. The molecule has 1 atom stereocenters. The second-order valence-electron chi connectivity index (χ2n) is 9.86. The van der Waals surface area contributed by atoms with Gasteiger partial charge in [0.1, 0.15) is 18.2 Å². The van der Waals surface area contributed by atoms with Crippen LogP contribution in [0.2, 0.25) is 0 Å². The first-order valence-corrected chi connectivity index (χ1v) is 12.1. The van der Waals surface area contributed by atoms with Crippen molar-refractivity contribution in [3.63, 3.8) is 0 Å². The molecule has 8 nitrogen and oxygen atoms in total. The molecule has 3 aromatic rings. The molecule has 0 radical (unpaired) electrons. The van der Waals surface area contributed by atoms with Crippen LogP contribution >= 0.6 is 0 Å². The van der Waals surface area contributed by atoms with E-state index in [0.717, 1.165) is 24.0 Å². The molecule has 0 aromatic carbocycles. The second-order valence-corrected chi connectivity index (χ2v) is 9.86. The first-order valence-electron chi connectivity index (χ1n) is 12.1. The maximum atomic E-state index is 12.4. The summed E-state index contributed by atoms with van der Waals surface area (Å²) in [5, 5.41) is 0. The van der Waals surface area contributed by atoms with E-state index in [0.29, 0.717) is 17.2 Å². The van der Waals surface area contributed by atoms with E-state index in [-0.39, 0.29) is 11.3 Å². The number of nitrogens with zero attached hydrogens (tertiary/aromatic N) is 6. The molecule has 1 unspecified atom stereocenters. The van der Waals surface area contributed by atoms with Crippen molar-refractivity contribution < 1.29 is 4.79 Å². The van der Waals surface area contributed by atoms with Gasteiger partial charge in [0.15, 0.2) is 5.65 Å². The lowest BCUT2D eigenvalue weighted by Gasteiger charge is -2.37. The predicted octanol–water partition coefficient (Wildman–Crippen LogP) is 5.48. The maximum absolute atomic E-state index is 12.4. The summed E-state index contributed by atoms with van der Waals surface area (Å²) in [6, 6.07) is 0.357. The number of hydrogen-bond donors (Lipinski definition) is 1. The van der Waals surface area contributed by atoms with Crippen molar-refractivity contribution in [3.8, 4) is 0 Å². The number of nitrogens with one attached hydrogen (secondary N) is 1. The van der Waals surface area contributed by atoms with Crippen molar-refractivity contribution in [2.24, 2.45) is 5.41 Å². The number of aromatic nitrogens is 6. The fraction of sp³-hybridized carbons (Fsp3) is 0.321. The van der Waals surface area contributed by atoms with Gasteiger partial charge in [-0.3, -0.25) is 10.2 Å². The topological polar surface area (TPSA) is 90.5 Å². The Kier molecular flexibility index (Phi) is 7.43. The van der Waals surface area contributed by atoms with Crippen LogP contribution in [0.5, 0.6) is 0 Å². The minimum atomic E-state index is -0.259. The molecule has 3 heterocycles. The highest BCUT2D eigenvalue weighted by atomic mass is 16.2. The molecule has 1 aliphatic carbocycles. The minimum absolute atomic E-state index is 0.132. The van der Waals surface area contributed by atoms with Gasteiger partial charge in [0.2, 0.25) is 0 Å². The van der Waals surface area contributed by atoms with E-state index in [9.17, 15) is 4.79 Å². The van der Waals surface area contributed by atoms with Crippen molar-refractivity contribution in [1.29, 1.82) is 0 Å². The van der Waals surface area contributed by atoms with Crippen molar-refractivity contribution in [3.05, 3.63) is 96.3 Å². The molecule has 0 bridgehead atoms. The number of carbonyl (C=O) groups is 1. The average molecular weight is 484 g/mol. The minimum Gasteiger partial charge on any atom is -0.330 e. The van der Waals surface area contributed by atoms with E-state index in [4.69, 9.17) is 0 Å². The summed E-state index contributed by atoms with van der Waals surface area (Å²) in [5.41, 5.74) is 8.79. The van der Waals surface area contributed by atoms with Gasteiger partial charge in [-0.05, 0) is 55.7 Å². The Labute approximate surface area is 211 Å². The zero-order valence-electron chi connectivity index (χ0n) is 21.5. The number of fused-ring (bicyclic) bond motifs is 1. The smallest absolute Gasteiger partial charge is 0.263 e. The SMILES string of the molecule is CC(C=CC1=C(C)C(n2ccnc2)CCC1(C)C)=CC=CC(C)=CC(=O)Nn1cnc2cncnc21. The van der Waals surface area contributed by atoms with E-state index < -0.39 is 0 Å². The van der Waals surface area contributed by atoms with Crippen LogP contribution in [0.4, 0.5) is 0 Å². The van der Waals surface area contributed by atoms with Crippen LogP contribution in [0, 0.1) is 5.41 Å². The Morgan fingerprint density at radius 3 is 2.75 bits per heavy atom. The standard InChI is InChI=1S/C28H33N7O/c1-20(9-10-23-22(3)25(11-12-28(23,4)5)34-14-13-29-18-34)7-6-8-21(2)15-26(36)33-35-19-32-24-16-30-17-31-27(24)35/h6-10,13-19,25H,11-12H2,1-5H3,(H,33,36). The molecule has 36 heavy (non-hydrogen) atoms. The Balaban J connectivity index is 1.41. The molecular weight excluding hydrogens is 450 g/mol. The van der Waals surface area contributed by atoms with Crippen molar-refractivity contribution in [1.82, 2.24) is 29.2 Å². The van der Waals surface area contributed by atoms with Gasteiger partial charge < -0.3 is 4.57 Å². The van der Waals surface area contributed by atoms with Crippen LogP contribution < -0.4 is 5.43 Å². The van der Waals surface area contributed by atoms with Crippen molar-refractivity contribution >= 4 is 17.1 Å². The molecule has 8 heteroatoms. The lowest BCUT2D eigenvalue weighted by Crippen LogP contribution is -2.25. The first-order chi connectivity index (χ1) is 17.2. The normalized spacial score (nSPS) is 19.1. The van der Waals surface area contributed by atoms with E-state index >= 15 is 0 Å². The maximum Gasteiger partial charge on any atom is 0.263 e. The third-order valence-corrected chi connectivity index (χ3v) is 6.61. The van der Waals surface area contributed by atoms with Gasteiger partial charge >= 0.3 is 0 Å². The molecule has 0 spiro atoms. The molecule has 0 saturated heterocycles. The monoisotopic (exact) mass is 483 g/mol. The fourth-order valence-corrected chi connectivity index (χ4v) is 4.62. The predicted molar refractivity (Wildman–Crippen MR) is 142 cm³/mol. The summed E-state index contributed by atoms with van der Waals surface area (Å²) in [7, 11) is 0. The second kappa shape index (κ2) is 10.7. The van der Waals surface area contributed by atoms with Crippen LogP contribution in [0.15, 0.2) is 96.3 Å². The number of amides is 1. The Bertz CT molecular complexity index is 1380. The first kappa shape index (κ1) is 25.0. The van der Waals surface area contributed by atoms with Crippen LogP contribution in [0.1, 0.15) is 53.5 Å². The summed E-state index contributed by atoms with van der Waals surface area (Å²) in [4.78, 5) is 28.9. The van der Waals surface area contributed by atoms with Crippen LogP contribution in [-0.4, -0.2) is 35.1 Å². The molecule has 0 saturated carbocycles. The molecule has 1 N–H and O–H groups in total. The largest absolute Gasteiger partial charge is 0.330 e. The molecule has 0 fully saturated rings. The van der Waals surface area contributed by atoms with Gasteiger partial charge in [-0.1, -0.05) is 49.8 Å². The number of hydrogen-bond acceptors (Lipinski definition) is 5. The summed E-state index contributed by atoms with van der Waals surface area (Å²) >= 11 is 0. The lowest BCUT2D eigenvalue weighted by molar-refractivity contribution is -0.112. The van der Waals surface area contributed by atoms with E-state index in [1.165, 1.54) is 34.6 Å². The number of rotatable bonds is 7. The van der Waals surface area contributed by atoms with Crippen LogP contribution in [0.25, 0.3) is 11.2 Å². The van der Waals surface area contributed by atoms with Crippen LogP contribution in [0.3, 0.4) is 0 Å². The third-order valence-electron chi connectivity index (χ3n) is 6.61. The number of carbonyl (C=O) groups excluding carboxylic acids is 1. The highest BCUT2D eigenvalue weighted by Crippen LogP contribution is 2.45. The molecule has 1 aliphatic rings. The highest BCUT2D eigenvalue weighted by molar-refractivity contribution is 5.95. The van der Waals surface area contributed by atoms with Crippen LogP contribution in [-0.2, 0) is 4.79 Å². The van der Waals surface area contributed by atoms with Gasteiger partial charge in [-0.15, -0.1) is 0 Å². The Morgan fingerprint density at radius 1 is 1.14 bits per heavy atom.